The monoisotopic (exact) mass is 522 g/mol. The molecule has 1 aromatic carbocycles. The van der Waals surface area contributed by atoms with Gasteiger partial charge in [0.15, 0.2) is 12.6 Å². The lowest BCUT2D eigenvalue weighted by Crippen LogP contribution is -2.64. The Bertz CT molecular complexity index is 1250. The molecule has 12 heteroatoms. The first-order chi connectivity index (χ1) is 17.2. The van der Waals surface area contributed by atoms with Gasteiger partial charge in [-0.2, -0.15) is 4.39 Å². The lowest BCUT2D eigenvalue weighted by Gasteiger charge is -2.58. The number of carbonyl (C=O) groups is 1. The number of nitrogens with two attached hydrogens (primary N) is 1. The van der Waals surface area contributed by atoms with Gasteiger partial charge < -0.3 is 20.7 Å². The summed E-state index contributed by atoms with van der Waals surface area (Å²) in [5, 5.41) is 9.64. The van der Waals surface area contributed by atoms with Crippen molar-refractivity contribution < 1.29 is 22.7 Å². The van der Waals surface area contributed by atoms with Crippen molar-refractivity contribution >= 4 is 35.9 Å². The topological polar surface area (TPSA) is 109 Å². The van der Waals surface area contributed by atoms with E-state index in [1.807, 2.05) is 0 Å². The van der Waals surface area contributed by atoms with Gasteiger partial charge in [-0.05, 0) is 37.3 Å². The number of hydrogen-bond donors (Lipinski definition) is 3. The van der Waals surface area contributed by atoms with Crippen LogP contribution in [0, 0.1) is 16.6 Å². The van der Waals surface area contributed by atoms with E-state index in [1.54, 1.807) is 6.07 Å². The third-order valence-electron chi connectivity index (χ3n) is 6.45. The maximum absolute atomic E-state index is 14.1. The molecule has 192 valence electrons. The van der Waals surface area contributed by atoms with Crippen LogP contribution in [0.3, 0.4) is 0 Å². The second kappa shape index (κ2) is 10.8. The highest BCUT2D eigenvalue weighted by molar-refractivity contribution is 6.34. The van der Waals surface area contributed by atoms with Crippen LogP contribution < -0.4 is 21.1 Å². The predicted octanol–water partition coefficient (Wildman–Crippen LogP) is 3.36. The standard InChI is InChI=1S/C24H26ClF3N6O2/c25-17-1-2-20(16(3-4-31-13-26)22(17)23(28)35)36-15-8-24(9-15)11-33(12-24)6-5-32-19-7-21(30)34(14-29)10-18(19)27/h1-4,7,10,14-15,29,31H,5-6,8-9,11-13,30H2/b4-3-,29-14?,32-19?. The van der Waals surface area contributed by atoms with Crippen molar-refractivity contribution in [3.05, 3.63) is 57.9 Å². The molecule has 4 rings (SSSR count). The molecule has 4 N–H and O–H groups in total. The molecule has 2 aromatic rings. The molecular weight excluding hydrogens is 497 g/mol. The Kier molecular flexibility index (Phi) is 7.70. The summed E-state index contributed by atoms with van der Waals surface area (Å²) >= 11 is 6.00. The number of hydrogen-bond acceptors (Lipinski definition) is 7. The van der Waals surface area contributed by atoms with Crippen LogP contribution in [-0.2, 0) is 0 Å². The molecule has 2 heterocycles. The first-order valence-corrected chi connectivity index (χ1v) is 11.7. The third-order valence-corrected chi connectivity index (χ3v) is 6.76. The molecule has 2 fully saturated rings. The summed E-state index contributed by atoms with van der Waals surface area (Å²) in [6.07, 6.45) is 6.16. The van der Waals surface area contributed by atoms with Crippen LogP contribution in [0.15, 0.2) is 35.6 Å². The summed E-state index contributed by atoms with van der Waals surface area (Å²) in [6.45, 7) is 1.98. The van der Waals surface area contributed by atoms with Crippen molar-refractivity contribution in [3.63, 3.8) is 0 Å². The Labute approximate surface area is 210 Å². The number of likely N-dealkylation sites (tertiary alicyclic amines) is 1. The van der Waals surface area contributed by atoms with Gasteiger partial charge in [0.25, 0.3) is 0 Å². The summed E-state index contributed by atoms with van der Waals surface area (Å²) in [5.41, 5.74) is 5.74. The summed E-state index contributed by atoms with van der Waals surface area (Å²) in [5.74, 6) is -0.00326. The van der Waals surface area contributed by atoms with Crippen LogP contribution in [0.25, 0.3) is 6.08 Å². The maximum atomic E-state index is 14.1. The number of ether oxygens (including phenoxy) is 1. The van der Waals surface area contributed by atoms with Crippen LogP contribution in [0.1, 0.15) is 28.8 Å². The number of benzene rings is 1. The van der Waals surface area contributed by atoms with E-state index in [-0.39, 0.29) is 38.8 Å². The molecule has 1 aliphatic carbocycles. The Morgan fingerprint density at radius 3 is 2.81 bits per heavy atom. The number of halogens is 4. The normalized spacial score (nSPS) is 17.7. The van der Waals surface area contributed by atoms with Gasteiger partial charge >= 0.3 is 6.04 Å². The van der Waals surface area contributed by atoms with E-state index in [0.29, 0.717) is 18.8 Å². The minimum absolute atomic E-state index is 0.0492. The van der Waals surface area contributed by atoms with Crippen molar-refractivity contribution in [1.82, 2.24) is 14.8 Å². The summed E-state index contributed by atoms with van der Waals surface area (Å²) < 4.78 is 47.3. The first kappa shape index (κ1) is 25.8. The molecule has 0 atom stereocenters. The number of anilines is 1. The number of aromatic nitrogens is 1. The summed E-state index contributed by atoms with van der Waals surface area (Å²) in [4.78, 5) is 18.0. The molecule has 0 radical (unpaired) electrons. The Hall–Kier alpha value is -3.31. The fourth-order valence-corrected chi connectivity index (χ4v) is 5.05. The van der Waals surface area contributed by atoms with Crippen LogP contribution in [-0.4, -0.2) is 60.9 Å². The highest BCUT2D eigenvalue weighted by Crippen LogP contribution is 2.50. The lowest BCUT2D eigenvalue weighted by molar-refractivity contribution is -0.117. The van der Waals surface area contributed by atoms with E-state index in [4.69, 9.17) is 27.5 Å². The highest BCUT2D eigenvalue weighted by Gasteiger charge is 2.53. The fraction of sp³-hybridized carbons (Fsp3) is 0.375. The van der Waals surface area contributed by atoms with Crippen LogP contribution in [0.4, 0.5) is 19.0 Å². The molecular formula is C24H26ClF3N6O2. The molecule has 1 spiro atoms. The van der Waals surface area contributed by atoms with Crippen molar-refractivity contribution in [2.75, 3.05) is 38.7 Å². The molecule has 0 bridgehead atoms. The van der Waals surface area contributed by atoms with Crippen LogP contribution >= 0.6 is 11.6 Å². The number of nitrogen functional groups attached to an aromatic ring is 1. The zero-order valence-electron chi connectivity index (χ0n) is 19.3. The molecule has 1 aromatic heterocycles. The van der Waals surface area contributed by atoms with Crippen LogP contribution in [0.2, 0.25) is 5.02 Å². The second-order valence-electron chi connectivity index (χ2n) is 8.99. The predicted molar refractivity (Wildman–Crippen MR) is 131 cm³/mol. The van der Waals surface area contributed by atoms with Gasteiger partial charge in [0.1, 0.15) is 11.6 Å². The minimum atomic E-state index is -1.69. The van der Waals surface area contributed by atoms with Gasteiger partial charge in [0.05, 0.1) is 34.9 Å². The number of nitrogens with one attached hydrogen (secondary N) is 2. The molecule has 0 unspecified atom stereocenters. The third kappa shape index (κ3) is 5.41. The average molecular weight is 523 g/mol. The smallest absolute Gasteiger partial charge is 0.334 e. The molecule has 1 saturated carbocycles. The molecule has 0 amide bonds. The zero-order chi connectivity index (χ0) is 25.9. The summed E-state index contributed by atoms with van der Waals surface area (Å²) in [6, 6.07) is 2.69. The van der Waals surface area contributed by atoms with Crippen molar-refractivity contribution in [2.45, 2.75) is 18.9 Å². The second-order valence-corrected chi connectivity index (χ2v) is 9.39. The van der Waals surface area contributed by atoms with Gasteiger partial charge in [-0.15, -0.1) is 0 Å². The molecule has 36 heavy (non-hydrogen) atoms. The minimum Gasteiger partial charge on any atom is -0.490 e. The zero-order valence-corrected chi connectivity index (χ0v) is 20.1. The number of rotatable bonds is 10. The average Bonchev–Trinajstić information content (AvgIpc) is 2.78. The molecule has 2 aliphatic rings. The van der Waals surface area contributed by atoms with Gasteiger partial charge in [-0.1, -0.05) is 11.6 Å². The summed E-state index contributed by atoms with van der Waals surface area (Å²) in [7, 11) is 0. The number of pyridine rings is 1. The van der Waals surface area contributed by atoms with Crippen molar-refractivity contribution in [1.29, 1.82) is 5.41 Å². The molecule has 8 nitrogen and oxygen atoms in total. The largest absolute Gasteiger partial charge is 0.490 e. The van der Waals surface area contributed by atoms with E-state index in [1.165, 1.54) is 29.0 Å². The van der Waals surface area contributed by atoms with E-state index in [2.05, 4.69) is 15.2 Å². The Morgan fingerprint density at radius 1 is 1.39 bits per heavy atom. The first-order valence-electron chi connectivity index (χ1n) is 11.3. The number of carbonyl (C=O) groups excluding carboxylic acids is 1. The SMILES string of the molecule is N=Cn1cc(F)c(=NCCN2CC3(CC(Oc4ccc(Cl)c(C(=O)F)c4/C=C\NCF)C3)C2)cc1N. The van der Waals surface area contributed by atoms with Gasteiger partial charge in [0, 0.05) is 42.9 Å². The number of alkyl halides is 1. The van der Waals surface area contributed by atoms with E-state index in [9.17, 15) is 18.0 Å². The van der Waals surface area contributed by atoms with Gasteiger partial charge in [0.2, 0.25) is 0 Å². The lowest BCUT2D eigenvalue weighted by atomic mass is 9.62. The van der Waals surface area contributed by atoms with E-state index < -0.39 is 18.7 Å². The van der Waals surface area contributed by atoms with Crippen LogP contribution in [0.5, 0.6) is 5.75 Å². The van der Waals surface area contributed by atoms with E-state index in [0.717, 1.165) is 38.5 Å². The quantitative estimate of drug-likeness (QED) is 0.192. The van der Waals surface area contributed by atoms with E-state index >= 15 is 0 Å². The Morgan fingerprint density at radius 2 is 2.14 bits per heavy atom. The van der Waals surface area contributed by atoms with Gasteiger partial charge in [-0.3, -0.25) is 19.8 Å². The maximum Gasteiger partial charge on any atom is 0.334 e. The van der Waals surface area contributed by atoms with Crippen molar-refractivity contribution in [2.24, 2.45) is 10.4 Å². The highest BCUT2D eigenvalue weighted by atomic mass is 35.5. The number of nitrogens with zero attached hydrogens (tertiary/aromatic N) is 3. The van der Waals surface area contributed by atoms with Gasteiger partial charge in [-0.25, -0.2) is 8.78 Å². The molecule has 1 aliphatic heterocycles. The molecule has 1 saturated heterocycles. The Balaban J connectivity index is 1.31. The fourth-order valence-electron chi connectivity index (χ4n) is 4.81. The van der Waals surface area contributed by atoms with Crippen molar-refractivity contribution in [3.8, 4) is 5.75 Å².